The van der Waals surface area contributed by atoms with Crippen molar-refractivity contribution in [3.8, 4) is 0 Å². The Kier molecular flexibility index (Phi) is 9.42. The molecule has 0 saturated heterocycles. The van der Waals surface area contributed by atoms with Gasteiger partial charge in [0.1, 0.15) is 0 Å². The van der Waals surface area contributed by atoms with Crippen LogP contribution in [0.4, 0.5) is 18.9 Å². The van der Waals surface area contributed by atoms with Gasteiger partial charge in [0.2, 0.25) is 11.6 Å². The van der Waals surface area contributed by atoms with Gasteiger partial charge in [-0.25, -0.2) is 0 Å². The molecule has 9 heteroatoms. The molecule has 0 bridgehead atoms. The van der Waals surface area contributed by atoms with Crippen LogP contribution in [0.15, 0.2) is 96.6 Å². The van der Waals surface area contributed by atoms with Gasteiger partial charge >= 0.3 is 6.18 Å². The van der Waals surface area contributed by atoms with Crippen molar-refractivity contribution in [1.82, 2.24) is 0 Å². The van der Waals surface area contributed by atoms with E-state index in [1.807, 2.05) is 13.8 Å². The number of hydrogen-bond donors (Lipinski definition) is 0. The van der Waals surface area contributed by atoms with Crippen LogP contribution in [0.2, 0.25) is 5.02 Å². The molecular formula is C34H31ClF3NO4. The number of ketones is 2. The zero-order valence-electron chi connectivity index (χ0n) is 24.1. The molecule has 0 saturated carbocycles. The summed E-state index contributed by atoms with van der Waals surface area (Å²) < 4.78 is 47.8. The molecule has 1 aliphatic carbocycles. The summed E-state index contributed by atoms with van der Waals surface area (Å²) in [6, 6.07) is 16.0. The summed E-state index contributed by atoms with van der Waals surface area (Å²) in [5, 5.41) is 0.276. The minimum absolute atomic E-state index is 0.156. The Labute approximate surface area is 253 Å². The second kappa shape index (κ2) is 12.7. The number of Topliss-reactive ketones (excluding diaryl/α,β-unsaturated/α-hetero) is 2. The Bertz CT molecular complexity index is 1590. The van der Waals surface area contributed by atoms with Crippen LogP contribution in [-0.2, 0) is 15.7 Å². The first-order valence-corrected chi connectivity index (χ1v) is 13.9. The third-order valence-corrected chi connectivity index (χ3v) is 7.98. The number of amides is 1. The van der Waals surface area contributed by atoms with Crippen LogP contribution < -0.4 is 4.90 Å². The van der Waals surface area contributed by atoms with Gasteiger partial charge in [0.15, 0.2) is 0 Å². The van der Waals surface area contributed by atoms with Gasteiger partial charge in [-0.3, -0.25) is 14.4 Å². The summed E-state index contributed by atoms with van der Waals surface area (Å²) in [4.78, 5) is 43.4. The van der Waals surface area contributed by atoms with E-state index in [1.165, 1.54) is 31.4 Å². The maximum absolute atomic E-state index is 14.4. The average Bonchev–Trinajstić information content (AvgIpc) is 2.98. The van der Waals surface area contributed by atoms with Gasteiger partial charge < -0.3 is 9.64 Å². The van der Waals surface area contributed by atoms with Crippen LogP contribution in [0, 0.1) is 18.3 Å². The number of allylic oxidation sites excluding steroid dienone is 2. The van der Waals surface area contributed by atoms with Crippen LogP contribution in [0.1, 0.15) is 45.7 Å². The molecule has 2 unspecified atom stereocenters. The molecule has 224 valence electrons. The SMILES string of the molecule is COCC(C)(C)C1=CC=CC(N(C(=O)c2ccccc2C(F)(F)F)c2cccc(Cl)c2C)C1C(=O)C(=O)c1ccccc1. The molecule has 0 aromatic heterocycles. The Morgan fingerprint density at radius 2 is 1.58 bits per heavy atom. The highest BCUT2D eigenvalue weighted by Crippen LogP contribution is 2.42. The highest BCUT2D eigenvalue weighted by molar-refractivity contribution is 6.45. The summed E-state index contributed by atoms with van der Waals surface area (Å²) in [5.74, 6) is -3.83. The first-order valence-electron chi connectivity index (χ1n) is 13.6. The summed E-state index contributed by atoms with van der Waals surface area (Å²) in [6.45, 7) is 5.48. The summed E-state index contributed by atoms with van der Waals surface area (Å²) in [7, 11) is 1.50. The quantitative estimate of drug-likeness (QED) is 0.183. The van der Waals surface area contributed by atoms with Crippen molar-refractivity contribution < 1.29 is 32.3 Å². The van der Waals surface area contributed by atoms with Crippen LogP contribution in [0.3, 0.4) is 0 Å². The highest BCUT2D eigenvalue weighted by atomic mass is 35.5. The molecule has 0 N–H and O–H groups in total. The number of benzene rings is 3. The number of anilines is 1. The predicted octanol–water partition coefficient (Wildman–Crippen LogP) is 7.92. The Balaban J connectivity index is 1.98. The maximum Gasteiger partial charge on any atom is 0.417 e. The first kappa shape index (κ1) is 31.9. The minimum atomic E-state index is -4.83. The number of carbonyl (C=O) groups excluding carboxylic acids is 3. The Morgan fingerprint density at radius 1 is 0.930 bits per heavy atom. The van der Waals surface area contributed by atoms with E-state index < -0.39 is 52.2 Å². The normalized spacial score (nSPS) is 16.9. The summed E-state index contributed by atoms with van der Waals surface area (Å²) in [5.41, 5.74) is -1.24. The molecule has 0 fully saturated rings. The number of hydrogen-bond acceptors (Lipinski definition) is 4. The fourth-order valence-corrected chi connectivity index (χ4v) is 5.65. The van der Waals surface area contributed by atoms with Crippen LogP contribution in [-0.4, -0.2) is 37.2 Å². The maximum atomic E-state index is 14.4. The topological polar surface area (TPSA) is 63.7 Å². The van der Waals surface area contributed by atoms with Crippen molar-refractivity contribution in [1.29, 1.82) is 0 Å². The lowest BCUT2D eigenvalue weighted by atomic mass is 9.69. The first-order chi connectivity index (χ1) is 20.3. The van der Waals surface area contributed by atoms with Crippen LogP contribution in [0.5, 0.6) is 0 Å². The molecule has 0 radical (unpaired) electrons. The monoisotopic (exact) mass is 609 g/mol. The van der Waals surface area contributed by atoms with E-state index in [2.05, 4.69) is 0 Å². The lowest BCUT2D eigenvalue weighted by molar-refractivity contribution is -0.138. The zero-order valence-corrected chi connectivity index (χ0v) is 24.9. The lowest BCUT2D eigenvalue weighted by Crippen LogP contribution is -2.51. The molecule has 3 aromatic rings. The minimum Gasteiger partial charge on any atom is -0.384 e. The average molecular weight is 610 g/mol. The van der Waals surface area contributed by atoms with Gasteiger partial charge in [-0.2, -0.15) is 13.2 Å². The molecule has 0 heterocycles. The van der Waals surface area contributed by atoms with E-state index in [0.717, 1.165) is 17.0 Å². The number of carbonyl (C=O) groups is 3. The zero-order chi connectivity index (χ0) is 31.5. The summed E-state index contributed by atoms with van der Waals surface area (Å²) >= 11 is 6.44. The molecule has 0 spiro atoms. The molecule has 0 aliphatic heterocycles. The van der Waals surface area contributed by atoms with Crippen molar-refractivity contribution in [3.05, 3.63) is 124 Å². The number of rotatable bonds is 9. The van der Waals surface area contributed by atoms with E-state index in [0.29, 0.717) is 11.1 Å². The number of nitrogens with zero attached hydrogens (tertiary/aromatic N) is 1. The molecule has 2 atom stereocenters. The van der Waals surface area contributed by atoms with Gasteiger partial charge in [-0.15, -0.1) is 0 Å². The molecule has 5 nitrogen and oxygen atoms in total. The smallest absolute Gasteiger partial charge is 0.384 e. The van der Waals surface area contributed by atoms with Gasteiger partial charge in [-0.1, -0.05) is 92.2 Å². The number of halogens is 4. The van der Waals surface area contributed by atoms with E-state index in [-0.39, 0.29) is 22.9 Å². The van der Waals surface area contributed by atoms with Crippen molar-refractivity contribution >= 4 is 34.8 Å². The van der Waals surface area contributed by atoms with Gasteiger partial charge in [0, 0.05) is 28.8 Å². The van der Waals surface area contributed by atoms with E-state index in [4.69, 9.17) is 16.3 Å². The standard InChI is InChI=1S/C34H31ClF3NO4/c1-21-26(35)17-11-18-27(21)39(32(42)23-14-8-9-15-24(23)34(36,37)38)28-19-10-16-25(33(2,3)20-43-4)29(28)31(41)30(40)22-12-6-5-7-13-22/h5-19,28-29H,20H2,1-4H3. The van der Waals surface area contributed by atoms with Crippen molar-refractivity contribution in [3.63, 3.8) is 0 Å². The van der Waals surface area contributed by atoms with Gasteiger partial charge in [-0.05, 0) is 42.3 Å². The Hall–Kier alpha value is -4.01. The molecule has 3 aromatic carbocycles. The Morgan fingerprint density at radius 3 is 2.23 bits per heavy atom. The van der Waals surface area contributed by atoms with Gasteiger partial charge in [0.25, 0.3) is 5.91 Å². The van der Waals surface area contributed by atoms with Crippen LogP contribution >= 0.6 is 11.6 Å². The molecule has 1 aliphatic rings. The summed E-state index contributed by atoms with van der Waals surface area (Å²) in [6.07, 6.45) is 0.0763. The van der Waals surface area contributed by atoms with E-state index in [1.54, 1.807) is 61.5 Å². The molecule has 1 amide bonds. The third kappa shape index (κ3) is 6.50. The number of alkyl halides is 3. The second-order valence-electron chi connectivity index (χ2n) is 11.0. The highest BCUT2D eigenvalue weighted by Gasteiger charge is 2.46. The predicted molar refractivity (Wildman–Crippen MR) is 160 cm³/mol. The number of ether oxygens (including phenoxy) is 1. The van der Waals surface area contributed by atoms with Crippen molar-refractivity contribution in [2.24, 2.45) is 11.3 Å². The fraction of sp³-hybridized carbons (Fsp3) is 0.265. The van der Waals surface area contributed by atoms with Crippen molar-refractivity contribution in [2.75, 3.05) is 18.6 Å². The largest absolute Gasteiger partial charge is 0.417 e. The third-order valence-electron chi connectivity index (χ3n) is 7.57. The number of methoxy groups -OCH3 is 1. The van der Waals surface area contributed by atoms with Gasteiger partial charge in [0.05, 0.1) is 29.7 Å². The lowest BCUT2D eigenvalue weighted by Gasteiger charge is -2.42. The molecular weight excluding hydrogens is 579 g/mol. The second-order valence-corrected chi connectivity index (χ2v) is 11.4. The van der Waals surface area contributed by atoms with E-state index >= 15 is 0 Å². The molecule has 4 rings (SSSR count). The van der Waals surface area contributed by atoms with Crippen LogP contribution in [0.25, 0.3) is 0 Å². The fourth-order valence-electron chi connectivity index (χ4n) is 5.48. The molecule has 43 heavy (non-hydrogen) atoms. The van der Waals surface area contributed by atoms with E-state index in [9.17, 15) is 27.6 Å². The van der Waals surface area contributed by atoms with Crippen molar-refractivity contribution in [2.45, 2.75) is 33.0 Å².